The van der Waals surface area contributed by atoms with Gasteiger partial charge in [-0.2, -0.15) is 4.98 Å². The van der Waals surface area contributed by atoms with Gasteiger partial charge in [0, 0.05) is 6.54 Å². The number of aryl methyl sites for hydroxylation is 1. The summed E-state index contributed by atoms with van der Waals surface area (Å²) in [5.41, 5.74) is -0.890. The number of aromatic amines is 1. The molecule has 0 aliphatic heterocycles. The summed E-state index contributed by atoms with van der Waals surface area (Å²) in [5, 5.41) is 0. The minimum atomic E-state index is -0.492. The molecule has 0 amide bonds. The third-order valence-electron chi connectivity index (χ3n) is 1.34. The average molecular weight is 155 g/mol. The SMILES string of the molecule is CCn1c(=O)nc(C)[nH]c1=O. The van der Waals surface area contributed by atoms with E-state index in [1.54, 1.807) is 13.8 Å². The number of nitrogens with zero attached hydrogens (tertiary/aromatic N) is 2. The van der Waals surface area contributed by atoms with Gasteiger partial charge in [-0.25, -0.2) is 14.2 Å². The van der Waals surface area contributed by atoms with Crippen molar-refractivity contribution >= 4 is 0 Å². The van der Waals surface area contributed by atoms with Gasteiger partial charge < -0.3 is 0 Å². The van der Waals surface area contributed by atoms with Crippen LogP contribution in [-0.4, -0.2) is 14.5 Å². The summed E-state index contributed by atoms with van der Waals surface area (Å²) >= 11 is 0. The van der Waals surface area contributed by atoms with Crippen LogP contribution in [0.3, 0.4) is 0 Å². The summed E-state index contributed by atoms with van der Waals surface area (Å²) in [6.07, 6.45) is 0. The van der Waals surface area contributed by atoms with Crippen molar-refractivity contribution in [2.24, 2.45) is 0 Å². The maximum atomic E-state index is 11.0. The number of aromatic nitrogens is 3. The number of rotatable bonds is 1. The van der Waals surface area contributed by atoms with Gasteiger partial charge in [-0.3, -0.25) is 4.98 Å². The minimum absolute atomic E-state index is 0.349. The zero-order valence-electron chi connectivity index (χ0n) is 6.42. The van der Waals surface area contributed by atoms with E-state index < -0.39 is 11.4 Å². The van der Waals surface area contributed by atoms with Gasteiger partial charge in [0.25, 0.3) is 0 Å². The molecule has 1 heterocycles. The lowest BCUT2D eigenvalue weighted by molar-refractivity contribution is 0.633. The molecule has 0 aliphatic rings. The second-order valence-corrected chi connectivity index (χ2v) is 2.15. The van der Waals surface area contributed by atoms with E-state index >= 15 is 0 Å². The largest absolute Gasteiger partial charge is 0.353 e. The molecule has 0 radical (unpaired) electrons. The fourth-order valence-electron chi connectivity index (χ4n) is 0.820. The molecule has 1 N–H and O–H groups in total. The van der Waals surface area contributed by atoms with Crippen LogP contribution in [-0.2, 0) is 6.54 Å². The monoisotopic (exact) mass is 155 g/mol. The van der Waals surface area contributed by atoms with Crippen LogP contribution in [0.15, 0.2) is 9.59 Å². The highest BCUT2D eigenvalue weighted by Gasteiger charge is 1.98. The summed E-state index contributed by atoms with van der Waals surface area (Å²) < 4.78 is 1.03. The van der Waals surface area contributed by atoms with Gasteiger partial charge in [0.1, 0.15) is 5.82 Å². The molecule has 60 valence electrons. The smallest absolute Gasteiger partial charge is 0.295 e. The van der Waals surface area contributed by atoms with Crippen molar-refractivity contribution in [1.82, 2.24) is 14.5 Å². The molecule has 11 heavy (non-hydrogen) atoms. The van der Waals surface area contributed by atoms with E-state index in [2.05, 4.69) is 9.97 Å². The third kappa shape index (κ3) is 1.36. The van der Waals surface area contributed by atoms with Crippen molar-refractivity contribution in [2.45, 2.75) is 20.4 Å². The summed E-state index contributed by atoms with van der Waals surface area (Å²) in [5.74, 6) is 0.352. The fraction of sp³-hybridized carbons (Fsp3) is 0.500. The first kappa shape index (κ1) is 7.71. The van der Waals surface area contributed by atoms with Crippen LogP contribution in [0.2, 0.25) is 0 Å². The van der Waals surface area contributed by atoms with Gasteiger partial charge in [-0.05, 0) is 13.8 Å². The molecule has 0 bridgehead atoms. The Morgan fingerprint density at radius 2 is 2.18 bits per heavy atom. The second-order valence-electron chi connectivity index (χ2n) is 2.15. The van der Waals surface area contributed by atoms with Crippen LogP contribution in [0.25, 0.3) is 0 Å². The number of nitrogens with one attached hydrogen (secondary N) is 1. The lowest BCUT2D eigenvalue weighted by Crippen LogP contribution is -2.36. The molecule has 1 rings (SSSR count). The summed E-state index contributed by atoms with van der Waals surface area (Å²) in [7, 11) is 0. The molecule has 0 atom stereocenters. The van der Waals surface area contributed by atoms with Gasteiger partial charge in [0.15, 0.2) is 0 Å². The molecule has 0 aliphatic carbocycles. The second kappa shape index (κ2) is 2.69. The zero-order valence-corrected chi connectivity index (χ0v) is 6.42. The molecule has 0 spiro atoms. The Kier molecular flexibility index (Phi) is 1.89. The maximum Gasteiger partial charge on any atom is 0.353 e. The van der Waals surface area contributed by atoms with Crippen LogP contribution < -0.4 is 11.4 Å². The first-order valence-corrected chi connectivity index (χ1v) is 3.33. The Balaban J connectivity index is 3.50. The predicted molar refractivity (Wildman–Crippen MR) is 39.5 cm³/mol. The van der Waals surface area contributed by atoms with Crippen LogP contribution in [0, 0.1) is 6.92 Å². The number of hydrogen-bond acceptors (Lipinski definition) is 3. The Labute approximate surface area is 62.7 Å². The predicted octanol–water partition coefficient (Wildman–Crippen LogP) is -0.740. The van der Waals surface area contributed by atoms with Gasteiger partial charge in [0.05, 0.1) is 0 Å². The number of hydrogen-bond donors (Lipinski definition) is 1. The molecule has 1 aromatic heterocycles. The fourth-order valence-corrected chi connectivity index (χ4v) is 0.820. The molecule has 5 heteroatoms. The van der Waals surface area contributed by atoms with Crippen molar-refractivity contribution in [3.63, 3.8) is 0 Å². The Hall–Kier alpha value is -1.39. The van der Waals surface area contributed by atoms with Crippen LogP contribution in [0.5, 0.6) is 0 Å². The molecule has 5 nitrogen and oxygen atoms in total. The minimum Gasteiger partial charge on any atom is -0.295 e. The third-order valence-corrected chi connectivity index (χ3v) is 1.34. The normalized spacial score (nSPS) is 10.0. The van der Waals surface area contributed by atoms with Gasteiger partial charge in [-0.15, -0.1) is 0 Å². The first-order valence-electron chi connectivity index (χ1n) is 3.33. The molecular weight excluding hydrogens is 146 g/mol. The highest BCUT2D eigenvalue weighted by Crippen LogP contribution is 1.72. The Morgan fingerprint density at radius 3 is 2.64 bits per heavy atom. The molecule has 0 saturated heterocycles. The van der Waals surface area contributed by atoms with Crippen molar-refractivity contribution < 1.29 is 0 Å². The van der Waals surface area contributed by atoms with Crippen molar-refractivity contribution in [3.05, 3.63) is 26.8 Å². The van der Waals surface area contributed by atoms with Crippen LogP contribution in [0.1, 0.15) is 12.7 Å². The number of H-pyrrole nitrogens is 1. The highest BCUT2D eigenvalue weighted by atomic mass is 16.2. The van der Waals surface area contributed by atoms with E-state index in [1.807, 2.05) is 0 Å². The van der Waals surface area contributed by atoms with E-state index in [0.29, 0.717) is 12.4 Å². The van der Waals surface area contributed by atoms with E-state index in [9.17, 15) is 9.59 Å². The van der Waals surface area contributed by atoms with Crippen molar-refractivity contribution in [1.29, 1.82) is 0 Å². The molecule has 0 aromatic carbocycles. The zero-order chi connectivity index (χ0) is 8.43. The van der Waals surface area contributed by atoms with E-state index in [1.165, 1.54) is 0 Å². The summed E-state index contributed by atoms with van der Waals surface area (Å²) in [6, 6.07) is 0. The molecule has 0 fully saturated rings. The topological polar surface area (TPSA) is 67.8 Å². The summed E-state index contributed by atoms with van der Waals surface area (Å²) in [6.45, 7) is 3.64. The van der Waals surface area contributed by atoms with Gasteiger partial charge in [0.2, 0.25) is 0 Å². The van der Waals surface area contributed by atoms with Gasteiger partial charge >= 0.3 is 11.4 Å². The van der Waals surface area contributed by atoms with Gasteiger partial charge in [-0.1, -0.05) is 0 Å². The Morgan fingerprint density at radius 1 is 1.55 bits per heavy atom. The van der Waals surface area contributed by atoms with Crippen molar-refractivity contribution in [3.8, 4) is 0 Å². The average Bonchev–Trinajstić information content (AvgIpc) is 1.85. The van der Waals surface area contributed by atoms with E-state index in [0.717, 1.165) is 4.57 Å². The lowest BCUT2D eigenvalue weighted by atomic mass is 10.6. The standard InChI is InChI=1S/C6H9N3O2/c1-3-9-5(10)7-4(2)8-6(9)11/h3H2,1-2H3,(H,7,8,10,11). The molecular formula is C6H9N3O2. The first-order chi connectivity index (χ1) is 5.15. The molecule has 0 saturated carbocycles. The molecule has 1 aromatic rings. The van der Waals surface area contributed by atoms with Crippen LogP contribution in [0.4, 0.5) is 0 Å². The lowest BCUT2D eigenvalue weighted by Gasteiger charge is -1.97. The highest BCUT2D eigenvalue weighted by molar-refractivity contribution is 4.78. The van der Waals surface area contributed by atoms with Crippen LogP contribution >= 0.6 is 0 Å². The van der Waals surface area contributed by atoms with Crippen molar-refractivity contribution in [2.75, 3.05) is 0 Å². The van der Waals surface area contributed by atoms with E-state index in [4.69, 9.17) is 0 Å². The molecule has 0 unspecified atom stereocenters. The maximum absolute atomic E-state index is 11.0. The quantitative estimate of drug-likeness (QED) is 0.580. The summed E-state index contributed by atoms with van der Waals surface area (Å²) in [4.78, 5) is 27.9. The van der Waals surface area contributed by atoms with E-state index in [-0.39, 0.29) is 0 Å². The Bertz CT molecular complexity index is 332.